The molecule has 12 heteroatoms. The monoisotopic (exact) mass is 502 g/mol. The zero-order valence-electron chi connectivity index (χ0n) is 13.5. The molecule has 1 saturated heterocycles. The molecule has 0 aliphatic carbocycles. The molecule has 2 rings (SSSR count). The van der Waals surface area contributed by atoms with Gasteiger partial charge >= 0.3 is 6.18 Å². The van der Waals surface area contributed by atoms with Crippen molar-refractivity contribution >= 4 is 49.2 Å². The number of nitrogens with one attached hydrogen (secondary N) is 2. The molecule has 1 fully saturated rings. The summed E-state index contributed by atoms with van der Waals surface area (Å²) in [5, 5.41) is 2.63. The molecule has 1 heterocycles. The lowest BCUT2D eigenvalue weighted by Gasteiger charge is -2.18. The summed E-state index contributed by atoms with van der Waals surface area (Å²) < 4.78 is 74.6. The molecular weight excluding hydrogens is 487 g/mol. The molecule has 1 aliphatic heterocycles. The maximum atomic E-state index is 12.3. The third-order valence-corrected chi connectivity index (χ3v) is 6.85. The number of alkyl halides is 4. The second kappa shape index (κ2) is 9.88. The minimum atomic E-state index is -4.70. The predicted octanol–water partition coefficient (Wildman–Crippen LogP) is 4.69. The zero-order valence-corrected chi connectivity index (χ0v) is 17.4. The Labute approximate surface area is 167 Å². The van der Waals surface area contributed by atoms with Gasteiger partial charge in [0.05, 0.1) is 10.0 Å². The Hall–Kier alpha value is -0.130. The van der Waals surface area contributed by atoms with Crippen LogP contribution in [0.15, 0.2) is 21.5 Å². The molecule has 1 aromatic carbocycles. The summed E-state index contributed by atoms with van der Waals surface area (Å²) in [5.41, 5.74) is 0. The van der Waals surface area contributed by atoms with Gasteiger partial charge in [-0.1, -0.05) is 23.2 Å². The summed E-state index contributed by atoms with van der Waals surface area (Å²) in [4.78, 5) is -0.515. The molecule has 26 heavy (non-hydrogen) atoms. The van der Waals surface area contributed by atoms with Crippen LogP contribution in [0.4, 0.5) is 17.6 Å². The molecule has 0 aromatic heterocycles. The van der Waals surface area contributed by atoms with E-state index in [0.29, 0.717) is 24.2 Å². The van der Waals surface area contributed by atoms with Gasteiger partial charge in [0, 0.05) is 4.47 Å². The van der Waals surface area contributed by atoms with E-state index in [-0.39, 0.29) is 10.0 Å². The van der Waals surface area contributed by atoms with Crippen LogP contribution in [0.3, 0.4) is 0 Å². The van der Waals surface area contributed by atoms with Gasteiger partial charge in [0.1, 0.15) is 17.1 Å². The van der Waals surface area contributed by atoms with Crippen LogP contribution in [0.1, 0.15) is 19.8 Å². The van der Waals surface area contributed by atoms with E-state index in [2.05, 4.69) is 21.2 Å². The highest BCUT2D eigenvalue weighted by Crippen LogP contribution is 2.35. The zero-order chi connectivity index (χ0) is 20.1. The summed E-state index contributed by atoms with van der Waals surface area (Å²) in [6, 6.07) is 0.0982. The molecule has 0 saturated carbocycles. The van der Waals surface area contributed by atoms with E-state index in [4.69, 9.17) is 23.2 Å². The molecule has 1 aliphatic rings. The number of sulfonamides is 1. The van der Waals surface area contributed by atoms with Crippen molar-refractivity contribution in [2.75, 3.05) is 13.1 Å². The van der Waals surface area contributed by atoms with E-state index in [9.17, 15) is 26.0 Å². The molecule has 1 unspecified atom stereocenters. The van der Waals surface area contributed by atoms with Crippen molar-refractivity contribution in [1.82, 2.24) is 10.0 Å². The second-order valence-corrected chi connectivity index (χ2v) is 8.78. The number of hydrogen-bond acceptors (Lipinski definition) is 3. The molecule has 1 aromatic rings. The topological polar surface area (TPSA) is 58.2 Å². The summed E-state index contributed by atoms with van der Waals surface area (Å²) >= 11 is 14.5. The molecule has 0 amide bonds. The Bertz CT molecular complexity index is 714. The van der Waals surface area contributed by atoms with E-state index < -0.39 is 33.3 Å². The molecule has 0 radical (unpaired) electrons. The minimum Gasteiger partial charge on any atom is -0.317 e. The largest absolute Gasteiger partial charge is 0.404 e. The van der Waals surface area contributed by atoms with Crippen LogP contribution in [0.2, 0.25) is 10.0 Å². The summed E-state index contributed by atoms with van der Waals surface area (Å²) in [7, 11) is -4.42. The molecule has 2 N–H and O–H groups in total. The summed E-state index contributed by atoms with van der Waals surface area (Å²) in [6.45, 7) is 2.41. The Morgan fingerprint density at radius 2 is 1.77 bits per heavy atom. The van der Waals surface area contributed by atoms with Crippen LogP contribution in [-0.2, 0) is 10.0 Å². The van der Waals surface area contributed by atoms with Crippen molar-refractivity contribution in [3.05, 3.63) is 26.7 Å². The highest BCUT2D eigenvalue weighted by atomic mass is 79.9. The van der Waals surface area contributed by atoms with E-state index in [1.54, 1.807) is 0 Å². The van der Waals surface area contributed by atoms with Crippen molar-refractivity contribution in [3.63, 3.8) is 0 Å². The first kappa shape index (κ1) is 23.9. The SMILES string of the molecule is CC(NS(=O)(=O)c1ccc(Br)c(Cl)c1Cl)C(F)(F)F.FC1CCNCC1. The van der Waals surface area contributed by atoms with Gasteiger partial charge in [-0.2, -0.15) is 17.9 Å². The number of benzene rings is 1. The van der Waals surface area contributed by atoms with E-state index in [0.717, 1.165) is 19.2 Å². The van der Waals surface area contributed by atoms with Crippen LogP contribution in [-0.4, -0.2) is 39.9 Å². The van der Waals surface area contributed by atoms with Crippen molar-refractivity contribution in [2.24, 2.45) is 0 Å². The van der Waals surface area contributed by atoms with Gasteiger partial charge in [-0.3, -0.25) is 0 Å². The van der Waals surface area contributed by atoms with Crippen molar-refractivity contribution in [2.45, 2.75) is 43.1 Å². The van der Waals surface area contributed by atoms with Crippen LogP contribution in [0.25, 0.3) is 0 Å². The first-order chi connectivity index (χ1) is 11.9. The Balaban J connectivity index is 0.000000401. The van der Waals surface area contributed by atoms with Crippen LogP contribution in [0.5, 0.6) is 0 Å². The number of halogens is 7. The van der Waals surface area contributed by atoms with Crippen LogP contribution < -0.4 is 10.0 Å². The molecular formula is C14H17BrCl2F4N2O2S. The average molecular weight is 504 g/mol. The molecule has 0 spiro atoms. The first-order valence-corrected chi connectivity index (χ1v) is 10.5. The lowest BCUT2D eigenvalue weighted by molar-refractivity contribution is -0.147. The van der Waals surface area contributed by atoms with Gasteiger partial charge in [0.2, 0.25) is 10.0 Å². The van der Waals surface area contributed by atoms with E-state index in [1.807, 2.05) is 0 Å². The maximum absolute atomic E-state index is 12.3. The fraction of sp³-hybridized carbons (Fsp3) is 0.571. The summed E-state index contributed by atoms with van der Waals surface area (Å²) in [5.74, 6) is 0. The van der Waals surface area contributed by atoms with Gasteiger partial charge in [-0.05, 0) is 60.9 Å². The van der Waals surface area contributed by atoms with Crippen molar-refractivity contribution in [1.29, 1.82) is 0 Å². The highest BCUT2D eigenvalue weighted by Gasteiger charge is 2.39. The Morgan fingerprint density at radius 3 is 2.19 bits per heavy atom. The second-order valence-electron chi connectivity index (χ2n) is 5.48. The van der Waals surface area contributed by atoms with Gasteiger partial charge < -0.3 is 5.32 Å². The number of hydrogen-bond donors (Lipinski definition) is 2. The third-order valence-electron chi connectivity index (χ3n) is 3.38. The standard InChI is InChI=1S/C9H7BrCl2F3NO2S.C5H10FN/c1-4(9(13,14)15)16-19(17,18)6-3-2-5(10)7(11)8(6)12;6-5-1-3-7-4-2-5/h2-4,16H,1H3;5,7H,1-4H2. The normalized spacial score (nSPS) is 17.4. The van der Waals surface area contributed by atoms with Crippen molar-refractivity contribution < 1.29 is 26.0 Å². The van der Waals surface area contributed by atoms with Crippen molar-refractivity contribution in [3.8, 4) is 0 Å². The molecule has 4 nitrogen and oxygen atoms in total. The smallest absolute Gasteiger partial charge is 0.317 e. The third kappa shape index (κ3) is 7.12. The van der Waals surface area contributed by atoms with Crippen LogP contribution >= 0.6 is 39.1 Å². The first-order valence-electron chi connectivity index (χ1n) is 7.43. The lowest BCUT2D eigenvalue weighted by Crippen LogP contribution is -2.43. The maximum Gasteiger partial charge on any atom is 0.404 e. The predicted molar refractivity (Wildman–Crippen MR) is 97.0 cm³/mol. The van der Waals surface area contributed by atoms with Gasteiger partial charge in [0.15, 0.2) is 0 Å². The molecule has 150 valence electrons. The minimum absolute atomic E-state index is 0.0933. The Morgan fingerprint density at radius 1 is 1.23 bits per heavy atom. The average Bonchev–Trinajstić information content (AvgIpc) is 2.52. The molecule has 0 bridgehead atoms. The quantitative estimate of drug-likeness (QED) is 0.464. The number of piperidine rings is 1. The Kier molecular flexibility index (Phi) is 9.09. The fourth-order valence-electron chi connectivity index (χ4n) is 1.87. The van der Waals surface area contributed by atoms with E-state index in [1.165, 1.54) is 10.8 Å². The number of rotatable bonds is 3. The van der Waals surface area contributed by atoms with Crippen LogP contribution in [0, 0.1) is 0 Å². The molecule has 1 atom stereocenters. The van der Waals surface area contributed by atoms with Gasteiger partial charge in [0.25, 0.3) is 0 Å². The fourth-order valence-corrected chi connectivity index (χ4v) is 4.31. The lowest BCUT2D eigenvalue weighted by atomic mass is 10.1. The highest BCUT2D eigenvalue weighted by molar-refractivity contribution is 9.10. The van der Waals surface area contributed by atoms with E-state index >= 15 is 0 Å². The van der Waals surface area contributed by atoms with Gasteiger partial charge in [-0.15, -0.1) is 0 Å². The van der Waals surface area contributed by atoms with Gasteiger partial charge in [-0.25, -0.2) is 12.8 Å². The summed E-state index contributed by atoms with van der Waals surface area (Å²) in [6.07, 6.45) is -3.81.